The van der Waals surface area contributed by atoms with Crippen molar-refractivity contribution in [1.29, 1.82) is 0 Å². The fraction of sp³-hybridized carbons (Fsp3) is 0.429. The van der Waals surface area contributed by atoms with Gasteiger partial charge in [-0.15, -0.1) is 0 Å². The van der Waals surface area contributed by atoms with Gasteiger partial charge in [-0.3, -0.25) is 0 Å². The number of unbranched alkanes of at least 4 members (excludes halogenated alkanes) is 2. The zero-order chi connectivity index (χ0) is 20.7. The van der Waals surface area contributed by atoms with E-state index in [0.717, 1.165) is 24.8 Å². The summed E-state index contributed by atoms with van der Waals surface area (Å²) >= 11 is 0. The third kappa shape index (κ3) is 8.74. The Bertz CT molecular complexity index is 794. The first-order valence-electron chi connectivity index (χ1n) is 9.61. The molecule has 0 aromatic heterocycles. The van der Waals surface area contributed by atoms with Gasteiger partial charge in [0.2, 0.25) is 0 Å². The van der Waals surface area contributed by atoms with Crippen LogP contribution < -0.4 is 14.2 Å². The van der Waals surface area contributed by atoms with Gasteiger partial charge in [-0.2, -0.15) is 0 Å². The molecule has 2 rings (SSSR count). The number of benzene rings is 2. The summed E-state index contributed by atoms with van der Waals surface area (Å²) in [5, 5.41) is 12.9. The molecule has 0 aliphatic heterocycles. The van der Waals surface area contributed by atoms with Crippen LogP contribution >= 0.6 is 0 Å². The van der Waals surface area contributed by atoms with Crippen molar-refractivity contribution in [2.75, 3.05) is 26.6 Å². The van der Waals surface area contributed by atoms with Crippen molar-refractivity contribution in [1.82, 2.24) is 0 Å². The minimum absolute atomic E-state index is 0.0829. The van der Waals surface area contributed by atoms with Crippen LogP contribution in [0.4, 0.5) is 5.69 Å². The summed E-state index contributed by atoms with van der Waals surface area (Å²) in [5.74, 6) is 1.96. The molecule has 2 aromatic rings. The molecule has 29 heavy (non-hydrogen) atoms. The van der Waals surface area contributed by atoms with Crippen LogP contribution in [0.25, 0.3) is 10.4 Å². The average molecular weight is 401 g/mol. The summed E-state index contributed by atoms with van der Waals surface area (Å²) in [5.41, 5.74) is 9.73. The van der Waals surface area contributed by atoms with E-state index in [9.17, 15) is 5.11 Å². The van der Waals surface area contributed by atoms with Crippen molar-refractivity contribution < 1.29 is 24.1 Å². The summed E-state index contributed by atoms with van der Waals surface area (Å²) in [6.07, 6.45) is 2.71. The Balaban J connectivity index is 1.67. The number of ether oxygens (including phenoxy) is 4. The minimum atomic E-state index is -0.0829. The smallest absolute Gasteiger partial charge is 0.189 e. The molecule has 0 saturated heterocycles. The molecule has 0 amide bonds. The summed E-state index contributed by atoms with van der Waals surface area (Å²) in [6.45, 7) is 3.69. The highest BCUT2D eigenvalue weighted by molar-refractivity contribution is 5.43. The van der Waals surface area contributed by atoms with Crippen molar-refractivity contribution >= 4 is 5.69 Å². The molecule has 0 aliphatic rings. The molecule has 0 radical (unpaired) electrons. The highest BCUT2D eigenvalue weighted by atomic mass is 16.7. The molecule has 0 unspecified atom stereocenters. The van der Waals surface area contributed by atoms with Gasteiger partial charge < -0.3 is 24.1 Å². The predicted octanol–water partition coefficient (Wildman–Crippen LogP) is 5.12. The lowest BCUT2D eigenvalue weighted by molar-refractivity contribution is 0.0222. The molecule has 0 atom stereocenters. The Hall–Kier alpha value is -2.93. The first-order valence-corrected chi connectivity index (χ1v) is 9.61. The zero-order valence-corrected chi connectivity index (χ0v) is 16.6. The van der Waals surface area contributed by atoms with Crippen LogP contribution in [-0.2, 0) is 11.3 Å². The Labute approximate surface area is 170 Å². The summed E-state index contributed by atoms with van der Waals surface area (Å²) < 4.78 is 22.1. The monoisotopic (exact) mass is 401 g/mol. The van der Waals surface area contributed by atoms with Crippen LogP contribution in [0.15, 0.2) is 47.6 Å². The van der Waals surface area contributed by atoms with E-state index in [1.165, 1.54) is 0 Å². The maximum Gasteiger partial charge on any atom is 0.189 e. The zero-order valence-electron chi connectivity index (χ0n) is 16.6. The lowest BCUT2D eigenvalue weighted by Gasteiger charge is -2.12. The van der Waals surface area contributed by atoms with Gasteiger partial charge in [0, 0.05) is 23.3 Å². The number of azide groups is 1. The molecule has 0 aliphatic carbocycles. The Morgan fingerprint density at radius 1 is 0.931 bits per heavy atom. The van der Waals surface area contributed by atoms with Crippen LogP contribution in [0.1, 0.15) is 31.7 Å². The van der Waals surface area contributed by atoms with Gasteiger partial charge in [-0.25, -0.2) is 0 Å². The summed E-state index contributed by atoms with van der Waals surface area (Å²) in [6, 6.07) is 12.4. The van der Waals surface area contributed by atoms with E-state index >= 15 is 0 Å². The quantitative estimate of drug-likeness (QED) is 0.155. The maximum atomic E-state index is 9.39. The molecule has 156 valence electrons. The summed E-state index contributed by atoms with van der Waals surface area (Å²) in [4.78, 5) is 2.76. The Kier molecular flexibility index (Phi) is 10.2. The van der Waals surface area contributed by atoms with Crippen molar-refractivity contribution in [2.45, 2.75) is 32.8 Å². The van der Waals surface area contributed by atoms with Gasteiger partial charge in [-0.05, 0) is 61.5 Å². The SMILES string of the molecule is CCOCOc1cc(CO)cc(OCCCCCOc2cccc(N=[N+]=[N-])c2)c1. The fourth-order valence-corrected chi connectivity index (χ4v) is 2.53. The molecule has 0 spiro atoms. The van der Waals surface area contributed by atoms with E-state index in [-0.39, 0.29) is 13.4 Å². The van der Waals surface area contributed by atoms with E-state index in [4.69, 9.17) is 24.5 Å². The van der Waals surface area contributed by atoms with Crippen molar-refractivity contribution in [3.63, 3.8) is 0 Å². The molecule has 0 fully saturated rings. The standard InChI is InChI=1S/C21H27N3O5/c1-2-26-16-29-21-12-17(15-25)11-20(14-21)28-10-5-3-4-9-27-19-8-6-7-18(13-19)23-24-22/h6-8,11-14,25H,2-5,9-10,15-16H2,1H3. The number of aliphatic hydroxyl groups is 1. The Morgan fingerprint density at radius 3 is 2.34 bits per heavy atom. The first-order chi connectivity index (χ1) is 14.2. The summed E-state index contributed by atoms with van der Waals surface area (Å²) in [7, 11) is 0. The molecule has 0 heterocycles. The molecule has 8 nitrogen and oxygen atoms in total. The maximum absolute atomic E-state index is 9.39. The third-order valence-electron chi connectivity index (χ3n) is 3.94. The molecule has 0 bridgehead atoms. The van der Waals surface area contributed by atoms with E-state index in [0.29, 0.717) is 42.8 Å². The van der Waals surface area contributed by atoms with Gasteiger partial charge >= 0.3 is 0 Å². The van der Waals surface area contributed by atoms with Crippen molar-refractivity contribution in [3.05, 3.63) is 58.5 Å². The molecular formula is C21H27N3O5. The number of aliphatic hydroxyl groups excluding tert-OH is 1. The van der Waals surface area contributed by atoms with Crippen LogP contribution in [0, 0.1) is 0 Å². The van der Waals surface area contributed by atoms with Crippen LogP contribution in [0.3, 0.4) is 0 Å². The van der Waals surface area contributed by atoms with Crippen LogP contribution in [0.5, 0.6) is 17.2 Å². The average Bonchev–Trinajstić information content (AvgIpc) is 2.73. The normalized spacial score (nSPS) is 10.3. The van der Waals surface area contributed by atoms with Gasteiger partial charge in [0.1, 0.15) is 17.2 Å². The van der Waals surface area contributed by atoms with E-state index in [2.05, 4.69) is 10.0 Å². The lowest BCUT2D eigenvalue weighted by Crippen LogP contribution is -2.04. The second kappa shape index (κ2) is 13.3. The lowest BCUT2D eigenvalue weighted by atomic mass is 10.2. The second-order valence-electron chi connectivity index (χ2n) is 6.17. The number of nitrogens with zero attached hydrogens (tertiary/aromatic N) is 3. The number of hydrogen-bond acceptors (Lipinski definition) is 6. The number of hydrogen-bond donors (Lipinski definition) is 1. The molecule has 8 heteroatoms. The van der Waals surface area contributed by atoms with E-state index in [1.807, 2.05) is 13.0 Å². The fourth-order valence-electron chi connectivity index (χ4n) is 2.53. The minimum Gasteiger partial charge on any atom is -0.494 e. The van der Waals surface area contributed by atoms with E-state index < -0.39 is 0 Å². The van der Waals surface area contributed by atoms with Gasteiger partial charge in [0.15, 0.2) is 6.79 Å². The van der Waals surface area contributed by atoms with E-state index in [1.54, 1.807) is 36.4 Å². The largest absolute Gasteiger partial charge is 0.494 e. The molecular weight excluding hydrogens is 374 g/mol. The van der Waals surface area contributed by atoms with Crippen molar-refractivity contribution in [2.24, 2.45) is 5.11 Å². The van der Waals surface area contributed by atoms with Gasteiger partial charge in [0.05, 0.1) is 19.8 Å². The topological polar surface area (TPSA) is 106 Å². The predicted molar refractivity (Wildman–Crippen MR) is 110 cm³/mol. The van der Waals surface area contributed by atoms with Crippen LogP contribution in [-0.4, -0.2) is 31.7 Å². The second-order valence-corrected chi connectivity index (χ2v) is 6.17. The highest BCUT2D eigenvalue weighted by Gasteiger charge is 2.04. The molecule has 2 aromatic carbocycles. The first kappa shape index (κ1) is 22.4. The number of rotatable bonds is 14. The third-order valence-corrected chi connectivity index (χ3v) is 3.94. The van der Waals surface area contributed by atoms with Crippen LogP contribution in [0.2, 0.25) is 0 Å². The van der Waals surface area contributed by atoms with Crippen molar-refractivity contribution in [3.8, 4) is 17.2 Å². The van der Waals surface area contributed by atoms with Gasteiger partial charge in [0.25, 0.3) is 0 Å². The molecule has 1 N–H and O–H groups in total. The highest BCUT2D eigenvalue weighted by Crippen LogP contribution is 2.24. The Morgan fingerprint density at radius 2 is 1.66 bits per heavy atom. The van der Waals surface area contributed by atoms with Gasteiger partial charge in [-0.1, -0.05) is 17.2 Å². The molecule has 0 saturated carbocycles.